The maximum absolute atomic E-state index is 11.9. The Morgan fingerprint density at radius 2 is 2.08 bits per heavy atom. The maximum atomic E-state index is 11.9. The van der Waals surface area contributed by atoms with Crippen molar-refractivity contribution in [2.75, 3.05) is 11.9 Å². The van der Waals surface area contributed by atoms with Gasteiger partial charge in [-0.15, -0.1) is 11.3 Å². The number of pyridine rings is 2. The van der Waals surface area contributed by atoms with Gasteiger partial charge in [0.2, 0.25) is 0 Å². The van der Waals surface area contributed by atoms with Crippen LogP contribution in [-0.2, 0) is 0 Å². The molecule has 3 heterocycles. The first-order valence-electron chi connectivity index (χ1n) is 7.49. The standard InChI is InChI=1S/C17H16N4O2S/c1-3-19-17(23)21-16-12(15-5-4-14(24-15)10(2)22)8-11-9-18-7-6-13(11)20-16/h4-9H,3H2,1-2H3,(H2,19,20,21,23). The second-order valence-electron chi connectivity index (χ2n) is 5.16. The van der Waals surface area contributed by atoms with Crippen LogP contribution in [-0.4, -0.2) is 28.3 Å². The Labute approximate surface area is 142 Å². The molecule has 0 fully saturated rings. The summed E-state index contributed by atoms with van der Waals surface area (Å²) in [6.45, 7) is 3.90. The fourth-order valence-electron chi connectivity index (χ4n) is 2.28. The van der Waals surface area contributed by atoms with Gasteiger partial charge in [-0.1, -0.05) is 0 Å². The first-order valence-corrected chi connectivity index (χ1v) is 8.31. The molecule has 6 nitrogen and oxygen atoms in total. The molecule has 0 spiro atoms. The molecule has 24 heavy (non-hydrogen) atoms. The van der Waals surface area contributed by atoms with Crippen molar-refractivity contribution in [2.24, 2.45) is 0 Å². The lowest BCUT2D eigenvalue weighted by Gasteiger charge is -2.11. The molecule has 0 atom stereocenters. The van der Waals surface area contributed by atoms with Gasteiger partial charge in [-0.2, -0.15) is 0 Å². The van der Waals surface area contributed by atoms with E-state index < -0.39 is 0 Å². The van der Waals surface area contributed by atoms with Gasteiger partial charge >= 0.3 is 6.03 Å². The predicted molar refractivity (Wildman–Crippen MR) is 95.6 cm³/mol. The minimum atomic E-state index is -0.317. The number of Topliss-reactive ketones (excluding diaryl/α,β-unsaturated/α-hetero) is 1. The highest BCUT2D eigenvalue weighted by atomic mass is 32.1. The SMILES string of the molecule is CCNC(=O)Nc1nc2ccncc2cc1-c1ccc(C(C)=O)s1. The van der Waals surface area contributed by atoms with Crippen molar-refractivity contribution in [3.8, 4) is 10.4 Å². The fraction of sp³-hybridized carbons (Fsp3) is 0.176. The van der Waals surface area contributed by atoms with E-state index >= 15 is 0 Å². The summed E-state index contributed by atoms with van der Waals surface area (Å²) in [6, 6.07) is 7.04. The van der Waals surface area contributed by atoms with E-state index in [0.29, 0.717) is 17.2 Å². The molecule has 0 aromatic carbocycles. The molecule has 7 heteroatoms. The summed E-state index contributed by atoms with van der Waals surface area (Å²) in [7, 11) is 0. The number of rotatable bonds is 4. The highest BCUT2D eigenvalue weighted by molar-refractivity contribution is 7.17. The minimum absolute atomic E-state index is 0.0138. The highest BCUT2D eigenvalue weighted by Gasteiger charge is 2.14. The van der Waals surface area contributed by atoms with Crippen molar-refractivity contribution in [3.63, 3.8) is 0 Å². The number of aromatic nitrogens is 2. The summed E-state index contributed by atoms with van der Waals surface area (Å²) in [4.78, 5) is 33.7. The van der Waals surface area contributed by atoms with Gasteiger partial charge in [-0.3, -0.25) is 15.1 Å². The lowest BCUT2D eigenvalue weighted by atomic mass is 10.1. The van der Waals surface area contributed by atoms with Crippen LogP contribution in [0, 0.1) is 0 Å². The molecule has 122 valence electrons. The molecule has 0 saturated carbocycles. The number of carbonyl (C=O) groups is 2. The zero-order valence-electron chi connectivity index (χ0n) is 13.3. The van der Waals surface area contributed by atoms with Crippen LogP contribution in [0.5, 0.6) is 0 Å². The van der Waals surface area contributed by atoms with Gasteiger partial charge in [0.1, 0.15) is 5.82 Å². The van der Waals surface area contributed by atoms with E-state index in [0.717, 1.165) is 21.3 Å². The monoisotopic (exact) mass is 340 g/mol. The molecule has 3 aromatic heterocycles. The van der Waals surface area contributed by atoms with Crippen LogP contribution < -0.4 is 10.6 Å². The lowest BCUT2D eigenvalue weighted by molar-refractivity contribution is 0.102. The summed E-state index contributed by atoms with van der Waals surface area (Å²) < 4.78 is 0. The van der Waals surface area contributed by atoms with Gasteiger partial charge in [-0.05, 0) is 38.1 Å². The van der Waals surface area contributed by atoms with Crippen LogP contribution in [0.4, 0.5) is 10.6 Å². The van der Waals surface area contributed by atoms with Crippen molar-refractivity contribution >= 4 is 39.9 Å². The highest BCUT2D eigenvalue weighted by Crippen LogP contribution is 2.34. The normalized spacial score (nSPS) is 10.6. The number of nitrogens with one attached hydrogen (secondary N) is 2. The van der Waals surface area contributed by atoms with Gasteiger partial charge in [-0.25, -0.2) is 9.78 Å². The first kappa shape index (κ1) is 16.1. The van der Waals surface area contributed by atoms with Gasteiger partial charge < -0.3 is 5.32 Å². The number of fused-ring (bicyclic) bond motifs is 1. The van der Waals surface area contributed by atoms with Crippen molar-refractivity contribution in [3.05, 3.63) is 41.5 Å². The van der Waals surface area contributed by atoms with Gasteiger partial charge in [0.15, 0.2) is 5.78 Å². The number of ketones is 1. The van der Waals surface area contributed by atoms with Crippen LogP contribution in [0.15, 0.2) is 36.7 Å². The van der Waals surface area contributed by atoms with E-state index in [-0.39, 0.29) is 11.8 Å². The van der Waals surface area contributed by atoms with Crippen molar-refractivity contribution < 1.29 is 9.59 Å². The van der Waals surface area contributed by atoms with Crippen LogP contribution in [0.25, 0.3) is 21.3 Å². The van der Waals surface area contributed by atoms with E-state index in [4.69, 9.17) is 0 Å². The van der Waals surface area contributed by atoms with Gasteiger partial charge in [0.05, 0.1) is 10.4 Å². The van der Waals surface area contributed by atoms with Gasteiger partial charge in [0, 0.05) is 34.8 Å². The number of nitrogens with zero attached hydrogens (tertiary/aromatic N) is 2. The number of carbonyl (C=O) groups excluding carboxylic acids is 2. The third kappa shape index (κ3) is 3.26. The summed E-state index contributed by atoms with van der Waals surface area (Å²) in [5, 5.41) is 6.34. The zero-order chi connectivity index (χ0) is 17.1. The molecule has 0 aliphatic rings. The minimum Gasteiger partial charge on any atom is -0.338 e. The Balaban J connectivity index is 2.11. The molecule has 0 aliphatic heterocycles. The average molecular weight is 340 g/mol. The molecular weight excluding hydrogens is 324 g/mol. The Bertz CT molecular complexity index is 920. The first-order chi connectivity index (χ1) is 11.6. The largest absolute Gasteiger partial charge is 0.338 e. The molecule has 3 rings (SSSR count). The van der Waals surface area contributed by atoms with Crippen LogP contribution in [0.3, 0.4) is 0 Å². The van der Waals surface area contributed by atoms with Crippen molar-refractivity contribution in [2.45, 2.75) is 13.8 Å². The summed E-state index contributed by atoms with van der Waals surface area (Å²) in [6.07, 6.45) is 3.38. The Kier molecular flexibility index (Phi) is 4.52. The van der Waals surface area contributed by atoms with Crippen LogP contribution >= 0.6 is 11.3 Å². The molecule has 2 N–H and O–H groups in total. The third-order valence-electron chi connectivity index (χ3n) is 3.40. The van der Waals surface area contributed by atoms with Crippen LogP contribution in [0.2, 0.25) is 0 Å². The summed E-state index contributed by atoms with van der Waals surface area (Å²) in [5.74, 6) is 0.469. The van der Waals surface area contributed by atoms with E-state index in [2.05, 4.69) is 20.6 Å². The second kappa shape index (κ2) is 6.76. The molecule has 0 radical (unpaired) electrons. The molecule has 3 aromatic rings. The molecule has 0 saturated heterocycles. The quantitative estimate of drug-likeness (QED) is 0.709. The predicted octanol–water partition coefficient (Wildman–Crippen LogP) is 3.70. The van der Waals surface area contributed by atoms with E-state index in [1.165, 1.54) is 18.3 Å². The van der Waals surface area contributed by atoms with Crippen molar-refractivity contribution in [1.82, 2.24) is 15.3 Å². The Hall–Kier alpha value is -2.80. The zero-order valence-corrected chi connectivity index (χ0v) is 14.1. The molecule has 0 unspecified atom stereocenters. The number of hydrogen-bond donors (Lipinski definition) is 2. The van der Waals surface area contributed by atoms with Crippen LogP contribution in [0.1, 0.15) is 23.5 Å². The summed E-state index contributed by atoms with van der Waals surface area (Å²) >= 11 is 1.38. The van der Waals surface area contributed by atoms with Gasteiger partial charge in [0.25, 0.3) is 0 Å². The third-order valence-corrected chi connectivity index (χ3v) is 4.62. The average Bonchev–Trinajstić information content (AvgIpc) is 3.04. The molecule has 0 aliphatic carbocycles. The second-order valence-corrected chi connectivity index (χ2v) is 6.24. The van der Waals surface area contributed by atoms with E-state index in [9.17, 15) is 9.59 Å². The number of thiophene rings is 1. The number of hydrogen-bond acceptors (Lipinski definition) is 5. The summed E-state index contributed by atoms with van der Waals surface area (Å²) in [5.41, 5.74) is 1.50. The molecular formula is C17H16N4O2S. The smallest absolute Gasteiger partial charge is 0.320 e. The lowest BCUT2D eigenvalue weighted by Crippen LogP contribution is -2.28. The van der Waals surface area contributed by atoms with E-state index in [1.54, 1.807) is 24.5 Å². The van der Waals surface area contributed by atoms with Crippen molar-refractivity contribution in [1.29, 1.82) is 0 Å². The Morgan fingerprint density at radius 3 is 2.79 bits per heavy atom. The molecule has 2 amide bonds. The maximum Gasteiger partial charge on any atom is 0.320 e. The number of urea groups is 1. The number of amides is 2. The topological polar surface area (TPSA) is 84.0 Å². The Morgan fingerprint density at radius 1 is 1.25 bits per heavy atom. The number of anilines is 1. The molecule has 0 bridgehead atoms. The van der Waals surface area contributed by atoms with E-state index in [1.807, 2.05) is 19.1 Å². The fourth-order valence-corrected chi connectivity index (χ4v) is 3.20.